The fraction of sp³-hybridized carbons (Fsp3) is 0.900. The Balaban J connectivity index is 2.26. The maximum atomic E-state index is 10.0. The Morgan fingerprint density at radius 1 is 1.46 bits per heavy atom. The summed E-state index contributed by atoms with van der Waals surface area (Å²) in [5, 5.41) is 18.4. The topological polar surface area (TPSA) is 47.3 Å². The van der Waals surface area contributed by atoms with E-state index in [2.05, 4.69) is 11.0 Å². The largest absolute Gasteiger partial charge is 0.389 e. The standard InChI is InChI=1S/C10H18N2O/c1-12(8-4-7-11)9-10(13)5-2-3-6-10/h13H,2-6,8-9H2,1H3. The van der Waals surface area contributed by atoms with E-state index in [1.54, 1.807) is 0 Å². The highest BCUT2D eigenvalue weighted by atomic mass is 16.3. The zero-order valence-electron chi connectivity index (χ0n) is 8.29. The van der Waals surface area contributed by atoms with Crippen molar-refractivity contribution in [3.8, 4) is 6.07 Å². The van der Waals surface area contributed by atoms with E-state index >= 15 is 0 Å². The molecule has 0 bridgehead atoms. The summed E-state index contributed by atoms with van der Waals surface area (Å²) in [7, 11) is 1.97. The van der Waals surface area contributed by atoms with Crippen molar-refractivity contribution in [1.29, 1.82) is 5.26 Å². The van der Waals surface area contributed by atoms with Crippen LogP contribution in [-0.4, -0.2) is 35.7 Å². The lowest BCUT2D eigenvalue weighted by Gasteiger charge is -2.27. The second-order valence-corrected chi connectivity index (χ2v) is 4.08. The lowest BCUT2D eigenvalue weighted by molar-refractivity contribution is 0.0169. The highest BCUT2D eigenvalue weighted by Crippen LogP contribution is 2.29. The first-order chi connectivity index (χ1) is 6.16. The molecule has 0 aromatic carbocycles. The predicted molar refractivity (Wildman–Crippen MR) is 51.1 cm³/mol. The van der Waals surface area contributed by atoms with Gasteiger partial charge in [0.1, 0.15) is 0 Å². The van der Waals surface area contributed by atoms with Gasteiger partial charge in [0.25, 0.3) is 0 Å². The summed E-state index contributed by atoms with van der Waals surface area (Å²) in [6, 6.07) is 2.11. The first-order valence-electron chi connectivity index (χ1n) is 4.94. The highest BCUT2D eigenvalue weighted by molar-refractivity contribution is 4.87. The van der Waals surface area contributed by atoms with Crippen LogP contribution in [0.1, 0.15) is 32.1 Å². The molecule has 13 heavy (non-hydrogen) atoms. The Bertz CT molecular complexity index is 192. The van der Waals surface area contributed by atoms with E-state index in [1.165, 1.54) is 0 Å². The van der Waals surface area contributed by atoms with E-state index in [4.69, 9.17) is 5.26 Å². The number of nitriles is 1. The summed E-state index contributed by atoms with van der Waals surface area (Å²) < 4.78 is 0. The number of nitrogens with zero attached hydrogens (tertiary/aromatic N) is 2. The van der Waals surface area contributed by atoms with Crippen LogP contribution in [0.25, 0.3) is 0 Å². The molecule has 0 aromatic heterocycles. The first-order valence-corrected chi connectivity index (χ1v) is 4.94. The van der Waals surface area contributed by atoms with Crippen LogP contribution >= 0.6 is 0 Å². The summed E-state index contributed by atoms with van der Waals surface area (Å²) in [5.74, 6) is 0. The molecule has 3 heteroatoms. The van der Waals surface area contributed by atoms with Gasteiger partial charge in [-0.05, 0) is 19.9 Å². The second kappa shape index (κ2) is 4.59. The summed E-state index contributed by atoms with van der Waals surface area (Å²) in [4.78, 5) is 2.05. The number of hydrogen-bond acceptors (Lipinski definition) is 3. The Hall–Kier alpha value is -0.590. The van der Waals surface area contributed by atoms with Gasteiger partial charge in [0.05, 0.1) is 11.7 Å². The smallest absolute Gasteiger partial charge is 0.0774 e. The van der Waals surface area contributed by atoms with Gasteiger partial charge in [-0.2, -0.15) is 5.26 Å². The molecule has 0 spiro atoms. The molecule has 0 aliphatic heterocycles. The average molecular weight is 182 g/mol. The van der Waals surface area contributed by atoms with Gasteiger partial charge in [-0.25, -0.2) is 0 Å². The minimum atomic E-state index is -0.468. The van der Waals surface area contributed by atoms with Gasteiger partial charge in [-0.15, -0.1) is 0 Å². The Kier molecular flexibility index (Phi) is 3.71. The third kappa shape index (κ3) is 3.33. The van der Waals surface area contributed by atoms with Crippen molar-refractivity contribution < 1.29 is 5.11 Å². The Labute approximate surface area is 80.0 Å². The monoisotopic (exact) mass is 182 g/mol. The van der Waals surface area contributed by atoms with Crippen molar-refractivity contribution in [2.75, 3.05) is 20.1 Å². The summed E-state index contributed by atoms with van der Waals surface area (Å²) in [6.07, 6.45) is 4.67. The molecule has 3 nitrogen and oxygen atoms in total. The van der Waals surface area contributed by atoms with E-state index in [0.29, 0.717) is 13.0 Å². The van der Waals surface area contributed by atoms with Crippen LogP contribution in [0.15, 0.2) is 0 Å². The van der Waals surface area contributed by atoms with Crippen molar-refractivity contribution in [2.45, 2.75) is 37.7 Å². The van der Waals surface area contributed by atoms with Crippen molar-refractivity contribution in [2.24, 2.45) is 0 Å². The molecule has 0 heterocycles. The molecule has 0 saturated heterocycles. The number of rotatable bonds is 4. The highest BCUT2D eigenvalue weighted by Gasteiger charge is 2.31. The number of likely N-dealkylation sites (N-methyl/N-ethyl adjacent to an activating group) is 1. The maximum Gasteiger partial charge on any atom is 0.0774 e. The van der Waals surface area contributed by atoms with Crippen LogP contribution < -0.4 is 0 Å². The van der Waals surface area contributed by atoms with Crippen molar-refractivity contribution >= 4 is 0 Å². The molecule has 1 aliphatic rings. The Morgan fingerprint density at radius 3 is 2.62 bits per heavy atom. The van der Waals surface area contributed by atoms with Gasteiger partial charge in [0.2, 0.25) is 0 Å². The van der Waals surface area contributed by atoms with Gasteiger partial charge in [-0.1, -0.05) is 12.8 Å². The molecule has 0 radical (unpaired) electrons. The van der Waals surface area contributed by atoms with Crippen LogP contribution in [0, 0.1) is 11.3 Å². The first kappa shape index (κ1) is 10.5. The molecule has 0 aromatic rings. The molecular weight excluding hydrogens is 164 g/mol. The van der Waals surface area contributed by atoms with Gasteiger partial charge in [-0.3, -0.25) is 0 Å². The summed E-state index contributed by atoms with van der Waals surface area (Å²) in [5.41, 5.74) is -0.468. The Morgan fingerprint density at radius 2 is 2.08 bits per heavy atom. The zero-order chi connectivity index (χ0) is 9.73. The van der Waals surface area contributed by atoms with Crippen molar-refractivity contribution in [3.05, 3.63) is 0 Å². The van der Waals surface area contributed by atoms with Crippen LogP contribution in [0.3, 0.4) is 0 Å². The minimum Gasteiger partial charge on any atom is -0.389 e. The van der Waals surface area contributed by atoms with E-state index in [-0.39, 0.29) is 0 Å². The second-order valence-electron chi connectivity index (χ2n) is 4.08. The SMILES string of the molecule is CN(CCC#N)CC1(O)CCCC1. The quantitative estimate of drug-likeness (QED) is 0.709. The van der Waals surface area contributed by atoms with E-state index in [9.17, 15) is 5.11 Å². The fourth-order valence-electron chi connectivity index (χ4n) is 2.01. The zero-order valence-corrected chi connectivity index (χ0v) is 8.29. The fourth-order valence-corrected chi connectivity index (χ4v) is 2.01. The molecular formula is C10H18N2O. The molecule has 1 N–H and O–H groups in total. The maximum absolute atomic E-state index is 10.0. The predicted octanol–water partition coefficient (Wildman–Crippen LogP) is 1.14. The average Bonchev–Trinajstić information content (AvgIpc) is 2.48. The summed E-state index contributed by atoms with van der Waals surface area (Å²) in [6.45, 7) is 1.48. The third-order valence-corrected chi connectivity index (χ3v) is 2.70. The lowest BCUT2D eigenvalue weighted by Crippen LogP contribution is -2.39. The summed E-state index contributed by atoms with van der Waals surface area (Å²) >= 11 is 0. The van der Waals surface area contributed by atoms with Gasteiger partial charge in [0, 0.05) is 19.5 Å². The molecule has 1 rings (SSSR count). The van der Waals surface area contributed by atoms with E-state index in [0.717, 1.165) is 32.2 Å². The van der Waals surface area contributed by atoms with E-state index in [1.807, 2.05) is 7.05 Å². The van der Waals surface area contributed by atoms with Crippen molar-refractivity contribution in [1.82, 2.24) is 4.90 Å². The normalized spacial score (nSPS) is 20.5. The lowest BCUT2D eigenvalue weighted by atomic mass is 10.0. The third-order valence-electron chi connectivity index (χ3n) is 2.70. The van der Waals surface area contributed by atoms with Gasteiger partial charge in [0.15, 0.2) is 0 Å². The molecule has 1 saturated carbocycles. The van der Waals surface area contributed by atoms with E-state index < -0.39 is 5.60 Å². The molecule has 1 aliphatic carbocycles. The number of aliphatic hydroxyl groups is 1. The van der Waals surface area contributed by atoms with Crippen molar-refractivity contribution in [3.63, 3.8) is 0 Å². The molecule has 0 unspecified atom stereocenters. The molecule has 0 atom stereocenters. The van der Waals surface area contributed by atoms with Gasteiger partial charge >= 0.3 is 0 Å². The van der Waals surface area contributed by atoms with Gasteiger partial charge < -0.3 is 10.0 Å². The van der Waals surface area contributed by atoms with Crippen LogP contribution in [-0.2, 0) is 0 Å². The molecule has 1 fully saturated rings. The minimum absolute atomic E-state index is 0.468. The molecule has 0 amide bonds. The van der Waals surface area contributed by atoms with Crippen LogP contribution in [0.5, 0.6) is 0 Å². The molecule has 74 valence electrons. The van der Waals surface area contributed by atoms with Crippen LogP contribution in [0.4, 0.5) is 0 Å². The number of hydrogen-bond donors (Lipinski definition) is 1. The van der Waals surface area contributed by atoms with Crippen LogP contribution in [0.2, 0.25) is 0 Å².